The number of aromatic nitrogens is 2. The first-order valence-electron chi connectivity index (χ1n) is 5.96. The van der Waals surface area contributed by atoms with Gasteiger partial charge in [-0.05, 0) is 18.2 Å². The fraction of sp³-hybridized carbons (Fsp3) is 0. The number of para-hydroxylation sites is 1. The van der Waals surface area contributed by atoms with Gasteiger partial charge in [0.1, 0.15) is 11.4 Å². The van der Waals surface area contributed by atoms with Crippen molar-refractivity contribution in [2.45, 2.75) is 9.92 Å². The molecule has 3 aromatic rings. The molecule has 0 aliphatic heterocycles. The summed E-state index contributed by atoms with van der Waals surface area (Å²) in [5, 5.41) is 12.7. The highest BCUT2D eigenvalue weighted by Crippen LogP contribution is 2.37. The number of hydrogen-bond donors (Lipinski definition) is 0. The smallest absolute Gasteiger partial charge is 0.258 e. The van der Waals surface area contributed by atoms with Crippen molar-refractivity contribution in [3.05, 3.63) is 63.4 Å². The van der Waals surface area contributed by atoms with E-state index in [0.717, 1.165) is 10.9 Å². The van der Waals surface area contributed by atoms with E-state index < -0.39 is 4.92 Å². The first-order valence-corrected chi connectivity index (χ1v) is 7.57. The lowest BCUT2D eigenvalue weighted by molar-refractivity contribution is -0.387. The Hall–Kier alpha value is -1.99. The Morgan fingerprint density at radius 1 is 1.14 bits per heavy atom. The molecule has 7 heteroatoms. The molecule has 0 atom stereocenters. The Labute approximate surface area is 132 Å². The lowest BCUT2D eigenvalue weighted by Gasteiger charge is -2.05. The molecule has 0 saturated carbocycles. The third kappa shape index (κ3) is 2.88. The summed E-state index contributed by atoms with van der Waals surface area (Å²) in [4.78, 5) is 19.8. The van der Waals surface area contributed by atoms with Crippen molar-refractivity contribution in [2.75, 3.05) is 0 Å². The minimum Gasteiger partial charge on any atom is -0.258 e. The SMILES string of the molecule is O=[N+]([O-])c1cc(Br)ccc1Sc1ncnc2ccccc12. The maximum Gasteiger partial charge on any atom is 0.284 e. The summed E-state index contributed by atoms with van der Waals surface area (Å²) in [7, 11) is 0. The molecule has 21 heavy (non-hydrogen) atoms. The van der Waals surface area contributed by atoms with Crippen molar-refractivity contribution in [2.24, 2.45) is 0 Å². The molecule has 0 aliphatic rings. The first-order chi connectivity index (χ1) is 10.1. The second-order valence-electron chi connectivity index (χ2n) is 4.17. The molecule has 1 aromatic heterocycles. The maximum absolute atomic E-state index is 11.2. The maximum atomic E-state index is 11.2. The summed E-state index contributed by atoms with van der Waals surface area (Å²) in [6, 6.07) is 12.6. The van der Waals surface area contributed by atoms with Gasteiger partial charge in [0, 0.05) is 15.9 Å². The highest BCUT2D eigenvalue weighted by molar-refractivity contribution is 9.10. The molecule has 2 aromatic carbocycles. The molecule has 0 unspecified atom stereocenters. The van der Waals surface area contributed by atoms with Crippen molar-refractivity contribution in [3.8, 4) is 0 Å². The van der Waals surface area contributed by atoms with E-state index in [2.05, 4.69) is 25.9 Å². The number of hydrogen-bond acceptors (Lipinski definition) is 5. The normalized spacial score (nSPS) is 10.7. The van der Waals surface area contributed by atoms with Crippen molar-refractivity contribution < 1.29 is 4.92 Å². The molecule has 0 spiro atoms. The highest BCUT2D eigenvalue weighted by Gasteiger charge is 2.17. The zero-order valence-corrected chi connectivity index (χ0v) is 13.0. The molecule has 0 amide bonds. The van der Waals surface area contributed by atoms with Crippen LogP contribution in [0.4, 0.5) is 5.69 Å². The second-order valence-corrected chi connectivity index (χ2v) is 6.11. The van der Waals surface area contributed by atoms with E-state index in [1.807, 2.05) is 24.3 Å². The van der Waals surface area contributed by atoms with Gasteiger partial charge in [-0.15, -0.1) is 0 Å². The topological polar surface area (TPSA) is 68.9 Å². The molecule has 0 aliphatic carbocycles. The number of fused-ring (bicyclic) bond motifs is 1. The summed E-state index contributed by atoms with van der Waals surface area (Å²) in [6.45, 7) is 0. The minimum absolute atomic E-state index is 0.0528. The average Bonchev–Trinajstić information content (AvgIpc) is 2.49. The van der Waals surface area contributed by atoms with E-state index in [-0.39, 0.29) is 5.69 Å². The van der Waals surface area contributed by atoms with Gasteiger partial charge in [-0.3, -0.25) is 10.1 Å². The van der Waals surface area contributed by atoms with Gasteiger partial charge < -0.3 is 0 Å². The molecule has 0 radical (unpaired) electrons. The highest BCUT2D eigenvalue weighted by atomic mass is 79.9. The third-order valence-electron chi connectivity index (χ3n) is 2.83. The third-order valence-corrected chi connectivity index (χ3v) is 4.41. The van der Waals surface area contributed by atoms with Crippen LogP contribution in [0, 0.1) is 10.1 Å². The number of nitro groups is 1. The van der Waals surface area contributed by atoms with E-state index in [1.165, 1.54) is 24.2 Å². The number of nitrogens with zero attached hydrogens (tertiary/aromatic N) is 3. The minimum atomic E-state index is -0.392. The molecule has 5 nitrogen and oxygen atoms in total. The molecule has 0 bridgehead atoms. The predicted molar refractivity (Wildman–Crippen MR) is 84.5 cm³/mol. The van der Waals surface area contributed by atoms with Gasteiger partial charge in [0.2, 0.25) is 0 Å². The molecule has 0 fully saturated rings. The van der Waals surface area contributed by atoms with Gasteiger partial charge in [0.25, 0.3) is 5.69 Å². The lowest BCUT2D eigenvalue weighted by atomic mass is 10.2. The fourth-order valence-corrected chi connectivity index (χ4v) is 3.20. The Kier molecular flexibility index (Phi) is 3.85. The van der Waals surface area contributed by atoms with Gasteiger partial charge in [-0.2, -0.15) is 0 Å². The summed E-state index contributed by atoms with van der Waals surface area (Å²) in [6.07, 6.45) is 1.47. The number of rotatable bonds is 3. The first kappa shape index (κ1) is 14.0. The number of nitro benzene ring substituents is 1. The van der Waals surface area contributed by atoms with Crippen LogP contribution >= 0.6 is 27.7 Å². The summed E-state index contributed by atoms with van der Waals surface area (Å²) < 4.78 is 0.672. The predicted octanol–water partition coefficient (Wildman–Crippen LogP) is 4.45. The molecular formula is C14H8BrN3O2S. The van der Waals surface area contributed by atoms with Gasteiger partial charge in [0.15, 0.2) is 0 Å². The van der Waals surface area contributed by atoms with Crippen LogP contribution in [0.1, 0.15) is 0 Å². The quantitative estimate of drug-likeness (QED) is 0.391. The van der Waals surface area contributed by atoms with Crippen LogP contribution < -0.4 is 0 Å². The zero-order chi connectivity index (χ0) is 14.8. The summed E-state index contributed by atoms with van der Waals surface area (Å²) in [5.41, 5.74) is 0.867. The van der Waals surface area contributed by atoms with E-state index >= 15 is 0 Å². The van der Waals surface area contributed by atoms with Crippen molar-refractivity contribution >= 4 is 44.3 Å². The standard InChI is InChI=1S/C14H8BrN3O2S/c15-9-5-6-13(12(7-9)18(19)20)21-14-10-3-1-2-4-11(10)16-8-17-14/h1-8H. The van der Waals surface area contributed by atoms with Crippen molar-refractivity contribution in [3.63, 3.8) is 0 Å². The molecular weight excluding hydrogens is 354 g/mol. The average molecular weight is 362 g/mol. The molecule has 0 saturated heterocycles. The van der Waals surface area contributed by atoms with E-state index in [9.17, 15) is 10.1 Å². The summed E-state index contributed by atoms with van der Waals surface area (Å²) >= 11 is 4.52. The van der Waals surface area contributed by atoms with Crippen LogP contribution in [0.25, 0.3) is 10.9 Å². The Balaban J connectivity index is 2.09. The van der Waals surface area contributed by atoms with Crippen LogP contribution in [0.5, 0.6) is 0 Å². The Morgan fingerprint density at radius 2 is 1.95 bits per heavy atom. The van der Waals surface area contributed by atoms with Gasteiger partial charge in [-0.1, -0.05) is 45.9 Å². The van der Waals surface area contributed by atoms with Gasteiger partial charge in [0.05, 0.1) is 15.3 Å². The summed E-state index contributed by atoms with van der Waals surface area (Å²) in [5.74, 6) is 0. The van der Waals surface area contributed by atoms with Crippen LogP contribution in [0.2, 0.25) is 0 Å². The Morgan fingerprint density at radius 3 is 2.76 bits per heavy atom. The zero-order valence-electron chi connectivity index (χ0n) is 10.6. The monoisotopic (exact) mass is 361 g/mol. The van der Waals surface area contributed by atoms with Crippen LogP contribution in [0.15, 0.2) is 63.2 Å². The van der Waals surface area contributed by atoms with E-state index in [0.29, 0.717) is 14.4 Å². The lowest BCUT2D eigenvalue weighted by Crippen LogP contribution is -1.92. The van der Waals surface area contributed by atoms with E-state index in [4.69, 9.17) is 0 Å². The molecule has 1 heterocycles. The second kappa shape index (κ2) is 5.79. The fourth-order valence-electron chi connectivity index (χ4n) is 1.89. The van der Waals surface area contributed by atoms with Crippen LogP contribution in [0.3, 0.4) is 0 Å². The molecule has 3 rings (SSSR count). The largest absolute Gasteiger partial charge is 0.284 e. The van der Waals surface area contributed by atoms with E-state index in [1.54, 1.807) is 12.1 Å². The van der Waals surface area contributed by atoms with Gasteiger partial charge >= 0.3 is 0 Å². The van der Waals surface area contributed by atoms with Crippen LogP contribution in [-0.4, -0.2) is 14.9 Å². The van der Waals surface area contributed by atoms with Gasteiger partial charge in [-0.25, -0.2) is 9.97 Å². The number of halogens is 1. The number of benzene rings is 2. The Bertz CT molecular complexity index is 836. The molecule has 104 valence electrons. The van der Waals surface area contributed by atoms with Crippen molar-refractivity contribution in [1.29, 1.82) is 0 Å². The van der Waals surface area contributed by atoms with Crippen molar-refractivity contribution in [1.82, 2.24) is 9.97 Å². The molecule has 0 N–H and O–H groups in total. The van der Waals surface area contributed by atoms with Crippen LogP contribution in [-0.2, 0) is 0 Å².